The summed E-state index contributed by atoms with van der Waals surface area (Å²) in [6, 6.07) is 8.93. The molecule has 23 heavy (non-hydrogen) atoms. The molecule has 0 aliphatic heterocycles. The Morgan fingerprint density at radius 2 is 2.00 bits per heavy atom. The summed E-state index contributed by atoms with van der Waals surface area (Å²) in [6.45, 7) is 3.07. The molecule has 1 aliphatic rings. The molecule has 1 aromatic heterocycles. The van der Waals surface area contributed by atoms with Gasteiger partial charge in [-0.2, -0.15) is 0 Å². The van der Waals surface area contributed by atoms with Crippen molar-refractivity contribution in [3.8, 4) is 0 Å². The zero-order valence-corrected chi connectivity index (χ0v) is 13.8. The second-order valence-corrected chi connectivity index (χ2v) is 6.35. The maximum Gasteiger partial charge on any atom is 0.216 e. The highest BCUT2D eigenvalue weighted by molar-refractivity contribution is 5.78. The van der Waals surface area contributed by atoms with Crippen LogP contribution in [0.2, 0.25) is 0 Å². The van der Waals surface area contributed by atoms with Gasteiger partial charge in [-0.15, -0.1) is 0 Å². The third-order valence-electron chi connectivity index (χ3n) is 4.55. The number of carbonyl (C=O) groups excluding carboxylic acids is 1. The van der Waals surface area contributed by atoms with E-state index in [4.69, 9.17) is 4.98 Å². The molecule has 1 aliphatic carbocycles. The molecular formula is C18H26N4O. The summed E-state index contributed by atoms with van der Waals surface area (Å²) in [5, 5.41) is 6.30. The van der Waals surface area contributed by atoms with E-state index in [9.17, 15) is 4.79 Å². The molecule has 2 N–H and O–H groups in total. The predicted molar refractivity (Wildman–Crippen MR) is 93.6 cm³/mol. The third-order valence-corrected chi connectivity index (χ3v) is 4.55. The summed E-state index contributed by atoms with van der Waals surface area (Å²) >= 11 is 0. The fraction of sp³-hybridized carbons (Fsp3) is 0.556. The van der Waals surface area contributed by atoms with Crippen LogP contribution in [0.5, 0.6) is 0 Å². The molecule has 1 amide bonds. The van der Waals surface area contributed by atoms with Crippen LogP contribution < -0.4 is 10.6 Å². The van der Waals surface area contributed by atoms with Crippen LogP contribution in [0.15, 0.2) is 24.3 Å². The van der Waals surface area contributed by atoms with Gasteiger partial charge in [0.25, 0.3) is 0 Å². The summed E-state index contributed by atoms with van der Waals surface area (Å²) < 4.78 is 2.40. The van der Waals surface area contributed by atoms with Crippen molar-refractivity contribution >= 4 is 22.9 Å². The number of imidazole rings is 1. The van der Waals surface area contributed by atoms with Gasteiger partial charge in [0.1, 0.15) is 0 Å². The number of nitrogens with one attached hydrogen (secondary N) is 2. The lowest BCUT2D eigenvalue weighted by Gasteiger charge is -2.25. The molecule has 1 aromatic carbocycles. The molecule has 1 fully saturated rings. The smallest absolute Gasteiger partial charge is 0.216 e. The van der Waals surface area contributed by atoms with Crippen molar-refractivity contribution in [2.75, 3.05) is 18.4 Å². The first-order chi connectivity index (χ1) is 11.3. The predicted octanol–water partition coefficient (Wildman–Crippen LogP) is 3.48. The summed E-state index contributed by atoms with van der Waals surface area (Å²) in [4.78, 5) is 15.7. The number of benzene rings is 1. The number of nitrogens with zero attached hydrogens (tertiary/aromatic N) is 2. The van der Waals surface area contributed by atoms with Crippen LogP contribution in [0, 0.1) is 0 Å². The maximum atomic E-state index is 10.9. The Bertz CT molecular complexity index is 658. The number of fused-ring (bicyclic) bond motifs is 1. The monoisotopic (exact) mass is 314 g/mol. The number of para-hydroxylation sites is 2. The summed E-state index contributed by atoms with van der Waals surface area (Å²) in [5.41, 5.74) is 2.28. The Kier molecular flexibility index (Phi) is 5.16. The van der Waals surface area contributed by atoms with Crippen LogP contribution in [0.4, 0.5) is 5.95 Å². The first-order valence-corrected chi connectivity index (χ1v) is 8.71. The SMILES string of the molecule is CC(=O)NCCCNc1nc2ccccc2n1C1CCCCC1. The van der Waals surface area contributed by atoms with Crippen LogP contribution >= 0.6 is 0 Å². The second-order valence-electron chi connectivity index (χ2n) is 6.35. The second kappa shape index (κ2) is 7.49. The number of rotatable bonds is 6. The van der Waals surface area contributed by atoms with Crippen LogP contribution in [0.1, 0.15) is 51.5 Å². The van der Waals surface area contributed by atoms with Gasteiger partial charge in [-0.3, -0.25) is 4.79 Å². The number of amides is 1. The maximum absolute atomic E-state index is 10.9. The molecule has 1 saturated carbocycles. The van der Waals surface area contributed by atoms with E-state index in [2.05, 4.69) is 33.4 Å². The first-order valence-electron chi connectivity index (χ1n) is 8.71. The Morgan fingerprint density at radius 1 is 1.22 bits per heavy atom. The minimum atomic E-state index is 0.0273. The summed E-state index contributed by atoms with van der Waals surface area (Å²) in [7, 11) is 0. The Labute approximate surface area is 137 Å². The van der Waals surface area contributed by atoms with Gasteiger partial charge >= 0.3 is 0 Å². The van der Waals surface area contributed by atoms with Crippen LogP contribution in [0.25, 0.3) is 11.0 Å². The summed E-state index contributed by atoms with van der Waals surface area (Å²) in [6.07, 6.45) is 7.33. The quantitative estimate of drug-likeness (QED) is 0.803. The molecule has 0 atom stereocenters. The van der Waals surface area contributed by atoms with E-state index in [-0.39, 0.29) is 5.91 Å². The van der Waals surface area contributed by atoms with Crippen molar-refractivity contribution in [2.24, 2.45) is 0 Å². The van der Waals surface area contributed by atoms with Crippen molar-refractivity contribution in [3.05, 3.63) is 24.3 Å². The van der Waals surface area contributed by atoms with E-state index in [0.29, 0.717) is 12.6 Å². The van der Waals surface area contributed by atoms with Crippen molar-refractivity contribution in [1.82, 2.24) is 14.9 Å². The average Bonchev–Trinajstić information content (AvgIpc) is 2.93. The van der Waals surface area contributed by atoms with Crippen LogP contribution in [0.3, 0.4) is 0 Å². The minimum Gasteiger partial charge on any atom is -0.356 e. The molecule has 0 spiro atoms. The van der Waals surface area contributed by atoms with Crippen molar-refractivity contribution < 1.29 is 4.79 Å². The third kappa shape index (κ3) is 3.84. The van der Waals surface area contributed by atoms with Gasteiger partial charge < -0.3 is 15.2 Å². The van der Waals surface area contributed by atoms with Gasteiger partial charge in [0.2, 0.25) is 11.9 Å². The molecule has 0 saturated heterocycles. The topological polar surface area (TPSA) is 59.0 Å². The highest BCUT2D eigenvalue weighted by atomic mass is 16.1. The first kappa shape index (κ1) is 15.8. The van der Waals surface area contributed by atoms with E-state index in [1.165, 1.54) is 37.6 Å². The lowest BCUT2D eigenvalue weighted by Crippen LogP contribution is -2.23. The molecule has 5 nitrogen and oxygen atoms in total. The highest BCUT2D eigenvalue weighted by Gasteiger charge is 2.21. The summed E-state index contributed by atoms with van der Waals surface area (Å²) in [5.74, 6) is 1.00. The van der Waals surface area contributed by atoms with Gasteiger partial charge in [-0.1, -0.05) is 31.4 Å². The largest absolute Gasteiger partial charge is 0.356 e. The fourth-order valence-electron chi connectivity index (χ4n) is 3.43. The molecular weight excluding hydrogens is 288 g/mol. The van der Waals surface area contributed by atoms with Gasteiger partial charge in [-0.05, 0) is 31.4 Å². The van der Waals surface area contributed by atoms with E-state index in [1.54, 1.807) is 6.92 Å². The van der Waals surface area contributed by atoms with E-state index in [0.717, 1.165) is 24.4 Å². The zero-order chi connectivity index (χ0) is 16.1. The lowest BCUT2D eigenvalue weighted by molar-refractivity contribution is -0.118. The molecule has 0 radical (unpaired) electrons. The lowest BCUT2D eigenvalue weighted by atomic mass is 9.95. The van der Waals surface area contributed by atoms with Crippen LogP contribution in [-0.4, -0.2) is 28.5 Å². The van der Waals surface area contributed by atoms with E-state index < -0.39 is 0 Å². The Hall–Kier alpha value is -2.04. The minimum absolute atomic E-state index is 0.0273. The van der Waals surface area contributed by atoms with Gasteiger partial charge in [-0.25, -0.2) is 4.98 Å². The molecule has 1 heterocycles. The number of carbonyl (C=O) groups is 1. The van der Waals surface area contributed by atoms with Crippen molar-refractivity contribution in [1.29, 1.82) is 0 Å². The van der Waals surface area contributed by atoms with E-state index in [1.807, 2.05) is 6.07 Å². The molecule has 0 bridgehead atoms. The number of hydrogen-bond acceptors (Lipinski definition) is 3. The zero-order valence-electron chi connectivity index (χ0n) is 13.8. The standard InChI is InChI=1S/C18H26N4O/c1-14(23)19-12-7-13-20-18-21-16-10-5-6-11-17(16)22(18)15-8-3-2-4-9-15/h5-6,10-11,15H,2-4,7-9,12-13H2,1H3,(H,19,23)(H,20,21). The van der Waals surface area contributed by atoms with Gasteiger partial charge in [0, 0.05) is 26.1 Å². The molecule has 3 rings (SSSR count). The number of anilines is 1. The normalized spacial score (nSPS) is 15.7. The molecule has 5 heteroatoms. The number of hydrogen-bond donors (Lipinski definition) is 2. The average molecular weight is 314 g/mol. The Balaban J connectivity index is 1.74. The highest BCUT2D eigenvalue weighted by Crippen LogP contribution is 2.34. The Morgan fingerprint density at radius 3 is 2.78 bits per heavy atom. The van der Waals surface area contributed by atoms with Gasteiger partial charge in [0.15, 0.2) is 0 Å². The van der Waals surface area contributed by atoms with E-state index >= 15 is 0 Å². The van der Waals surface area contributed by atoms with Crippen molar-refractivity contribution in [3.63, 3.8) is 0 Å². The van der Waals surface area contributed by atoms with Crippen LogP contribution in [-0.2, 0) is 4.79 Å². The molecule has 124 valence electrons. The molecule has 2 aromatic rings. The fourth-order valence-corrected chi connectivity index (χ4v) is 3.43. The molecule has 0 unspecified atom stereocenters. The van der Waals surface area contributed by atoms with Crippen molar-refractivity contribution in [2.45, 2.75) is 51.5 Å². The number of aromatic nitrogens is 2. The van der Waals surface area contributed by atoms with Gasteiger partial charge in [0.05, 0.1) is 11.0 Å².